The van der Waals surface area contributed by atoms with E-state index in [-0.39, 0.29) is 24.8 Å². The second-order valence-electron chi connectivity index (χ2n) is 6.95. The highest BCUT2D eigenvalue weighted by atomic mass is 35.5. The van der Waals surface area contributed by atoms with Crippen LogP contribution in [0, 0.1) is 0 Å². The molecule has 0 aliphatic carbocycles. The zero-order chi connectivity index (χ0) is 22.5. The number of hydrogen-bond acceptors (Lipinski definition) is 6. The molecule has 1 aliphatic heterocycles. The van der Waals surface area contributed by atoms with Crippen molar-refractivity contribution in [2.75, 3.05) is 11.9 Å². The van der Waals surface area contributed by atoms with Crippen LogP contribution >= 0.6 is 46.9 Å². The number of amides is 2. The lowest BCUT2D eigenvalue weighted by Gasteiger charge is -2.13. The molecule has 162 valence electrons. The van der Waals surface area contributed by atoms with Gasteiger partial charge >= 0.3 is 0 Å². The van der Waals surface area contributed by atoms with E-state index < -0.39 is 0 Å². The van der Waals surface area contributed by atoms with Crippen LogP contribution in [-0.4, -0.2) is 32.6 Å². The molecule has 1 aliphatic rings. The minimum atomic E-state index is -0.216. The fourth-order valence-corrected chi connectivity index (χ4v) is 5.42. The summed E-state index contributed by atoms with van der Waals surface area (Å²) in [7, 11) is 0. The van der Waals surface area contributed by atoms with Crippen molar-refractivity contribution in [2.45, 2.75) is 12.8 Å². The molecule has 2 aromatic carbocycles. The number of benzene rings is 2. The molecule has 2 heterocycles. The van der Waals surface area contributed by atoms with Gasteiger partial charge in [-0.2, -0.15) is 0 Å². The highest BCUT2D eigenvalue weighted by Crippen LogP contribution is 2.33. The van der Waals surface area contributed by atoms with Crippen LogP contribution in [0.2, 0.25) is 5.02 Å². The Morgan fingerprint density at radius 2 is 1.91 bits per heavy atom. The fourth-order valence-electron chi connectivity index (χ4n) is 3.07. The monoisotopic (exact) mass is 499 g/mol. The number of thioether (sulfide) groups is 1. The third kappa shape index (κ3) is 5.63. The van der Waals surface area contributed by atoms with Crippen molar-refractivity contribution in [3.05, 3.63) is 86.7 Å². The quantitative estimate of drug-likeness (QED) is 0.338. The summed E-state index contributed by atoms with van der Waals surface area (Å²) in [5, 5.41) is 3.92. The molecule has 4 rings (SSSR count). The van der Waals surface area contributed by atoms with Gasteiger partial charge in [0, 0.05) is 35.5 Å². The lowest BCUT2D eigenvalue weighted by atomic mass is 10.1. The van der Waals surface area contributed by atoms with Gasteiger partial charge in [-0.1, -0.05) is 84.1 Å². The molecule has 1 fully saturated rings. The second-order valence-corrected chi connectivity index (χ2v) is 10.1. The Kier molecular flexibility index (Phi) is 7.36. The average Bonchev–Trinajstić information content (AvgIpc) is 3.32. The number of anilines is 1. The van der Waals surface area contributed by atoms with Crippen molar-refractivity contribution < 1.29 is 9.59 Å². The molecule has 0 unspecified atom stereocenters. The van der Waals surface area contributed by atoms with Crippen molar-refractivity contribution in [3.63, 3.8) is 0 Å². The van der Waals surface area contributed by atoms with E-state index in [2.05, 4.69) is 22.4 Å². The Morgan fingerprint density at radius 1 is 1.16 bits per heavy atom. The summed E-state index contributed by atoms with van der Waals surface area (Å²) in [5.41, 5.74) is 1.94. The standard InChI is InChI=1S/C23H18ClN3O2S3/c24-18-9-5-4-8-16(18)13-19-21(29)27(23(30)32-19)11-10-20(28)26-22-25-14-17(31-22)12-15-6-2-1-3-7-15/h1-9,13-14H,10-12H2,(H,25,26,28). The number of halogens is 1. The van der Waals surface area contributed by atoms with Gasteiger partial charge in [-0.05, 0) is 23.3 Å². The zero-order valence-corrected chi connectivity index (χ0v) is 20.0. The van der Waals surface area contributed by atoms with Crippen LogP contribution in [0.5, 0.6) is 0 Å². The van der Waals surface area contributed by atoms with Crippen molar-refractivity contribution >= 4 is 74.3 Å². The molecule has 3 aromatic rings. The SMILES string of the molecule is O=C(CCN1C(=O)C(=Cc2ccccc2Cl)SC1=S)Nc1ncc(Cc2ccccc2)s1. The lowest BCUT2D eigenvalue weighted by molar-refractivity contribution is -0.122. The first kappa shape index (κ1) is 22.7. The van der Waals surface area contributed by atoms with Crippen LogP contribution in [-0.2, 0) is 16.0 Å². The summed E-state index contributed by atoms with van der Waals surface area (Å²) in [6.07, 6.45) is 4.39. The van der Waals surface area contributed by atoms with Gasteiger partial charge in [0.05, 0.1) is 4.91 Å². The summed E-state index contributed by atoms with van der Waals surface area (Å²) in [6, 6.07) is 17.4. The molecular weight excluding hydrogens is 482 g/mol. The van der Waals surface area contributed by atoms with E-state index in [9.17, 15) is 9.59 Å². The van der Waals surface area contributed by atoms with Gasteiger partial charge in [-0.15, -0.1) is 11.3 Å². The minimum absolute atomic E-state index is 0.124. The molecule has 0 radical (unpaired) electrons. The van der Waals surface area contributed by atoms with Crippen LogP contribution in [0.1, 0.15) is 22.4 Å². The van der Waals surface area contributed by atoms with Gasteiger partial charge in [0.25, 0.3) is 5.91 Å². The minimum Gasteiger partial charge on any atom is -0.302 e. The summed E-state index contributed by atoms with van der Waals surface area (Å²) in [6.45, 7) is 0.207. The van der Waals surface area contributed by atoms with Crippen molar-refractivity contribution in [3.8, 4) is 0 Å². The topological polar surface area (TPSA) is 62.3 Å². The van der Waals surface area contributed by atoms with Gasteiger partial charge < -0.3 is 5.32 Å². The number of hydrogen-bond donors (Lipinski definition) is 1. The molecule has 1 aromatic heterocycles. The molecule has 9 heteroatoms. The smallest absolute Gasteiger partial charge is 0.266 e. The number of nitrogens with one attached hydrogen (secondary N) is 1. The largest absolute Gasteiger partial charge is 0.302 e. The highest BCUT2D eigenvalue weighted by Gasteiger charge is 2.32. The second kappa shape index (κ2) is 10.4. The maximum Gasteiger partial charge on any atom is 0.266 e. The molecule has 0 atom stereocenters. The van der Waals surface area contributed by atoms with E-state index in [1.165, 1.54) is 33.6 Å². The van der Waals surface area contributed by atoms with Crippen molar-refractivity contribution in [1.82, 2.24) is 9.88 Å². The molecule has 0 saturated carbocycles. The number of aromatic nitrogens is 1. The predicted octanol–water partition coefficient (Wildman–Crippen LogP) is 5.62. The fraction of sp³-hybridized carbons (Fsp3) is 0.130. The number of thiazole rings is 1. The summed E-state index contributed by atoms with van der Waals surface area (Å²) in [5.74, 6) is -0.429. The van der Waals surface area contributed by atoms with Crippen LogP contribution in [0.3, 0.4) is 0 Å². The molecule has 32 heavy (non-hydrogen) atoms. The summed E-state index contributed by atoms with van der Waals surface area (Å²) >= 11 is 14.2. The van der Waals surface area contributed by atoms with E-state index >= 15 is 0 Å². The predicted molar refractivity (Wildman–Crippen MR) is 136 cm³/mol. The Bertz CT molecular complexity index is 1190. The number of carbonyl (C=O) groups excluding carboxylic acids is 2. The number of nitrogens with zero attached hydrogens (tertiary/aromatic N) is 2. The van der Waals surface area contributed by atoms with Gasteiger partial charge in [0.2, 0.25) is 5.91 Å². The summed E-state index contributed by atoms with van der Waals surface area (Å²) in [4.78, 5) is 32.4. The highest BCUT2D eigenvalue weighted by molar-refractivity contribution is 8.26. The van der Waals surface area contributed by atoms with E-state index in [4.69, 9.17) is 23.8 Å². The third-order valence-electron chi connectivity index (χ3n) is 4.65. The third-order valence-corrected chi connectivity index (χ3v) is 7.28. The molecule has 5 nitrogen and oxygen atoms in total. The molecule has 0 bridgehead atoms. The zero-order valence-electron chi connectivity index (χ0n) is 16.8. The van der Waals surface area contributed by atoms with Gasteiger partial charge in [0.15, 0.2) is 5.13 Å². The molecular formula is C23H18ClN3O2S3. The molecule has 1 saturated heterocycles. The summed E-state index contributed by atoms with van der Waals surface area (Å²) < 4.78 is 0.431. The maximum absolute atomic E-state index is 12.7. The van der Waals surface area contributed by atoms with E-state index in [1.807, 2.05) is 36.4 Å². The maximum atomic E-state index is 12.7. The van der Waals surface area contributed by atoms with E-state index in [1.54, 1.807) is 18.3 Å². The van der Waals surface area contributed by atoms with Crippen LogP contribution in [0.25, 0.3) is 6.08 Å². The first-order valence-corrected chi connectivity index (χ1v) is 12.2. The van der Waals surface area contributed by atoms with Crippen molar-refractivity contribution in [2.24, 2.45) is 0 Å². The van der Waals surface area contributed by atoms with Crippen LogP contribution in [0.4, 0.5) is 5.13 Å². The average molecular weight is 500 g/mol. The van der Waals surface area contributed by atoms with Crippen LogP contribution < -0.4 is 5.32 Å². The number of thiocarbonyl (C=S) groups is 1. The number of rotatable bonds is 7. The number of carbonyl (C=O) groups is 2. The first-order chi connectivity index (χ1) is 15.5. The van der Waals surface area contributed by atoms with Gasteiger partial charge in [0.1, 0.15) is 4.32 Å². The molecule has 1 N–H and O–H groups in total. The first-order valence-electron chi connectivity index (χ1n) is 9.78. The lowest BCUT2D eigenvalue weighted by Crippen LogP contribution is -2.31. The Labute approximate surface area is 204 Å². The Morgan fingerprint density at radius 3 is 2.69 bits per heavy atom. The van der Waals surface area contributed by atoms with Gasteiger partial charge in [-0.3, -0.25) is 14.5 Å². The Hall–Kier alpha value is -2.52. The molecule has 2 amide bonds. The van der Waals surface area contributed by atoms with Crippen molar-refractivity contribution in [1.29, 1.82) is 0 Å². The normalized spacial score (nSPS) is 14.9. The van der Waals surface area contributed by atoms with E-state index in [0.29, 0.717) is 19.4 Å². The molecule has 0 spiro atoms. The van der Waals surface area contributed by atoms with E-state index in [0.717, 1.165) is 16.9 Å². The Balaban J connectivity index is 1.32. The van der Waals surface area contributed by atoms with Crippen LogP contribution in [0.15, 0.2) is 65.7 Å². The van der Waals surface area contributed by atoms with Gasteiger partial charge in [-0.25, -0.2) is 4.98 Å².